The van der Waals surface area contributed by atoms with Crippen molar-refractivity contribution in [3.8, 4) is 0 Å². The second-order valence-corrected chi connectivity index (χ2v) is 7.37. The summed E-state index contributed by atoms with van der Waals surface area (Å²) < 4.78 is 27.4. The zero-order chi connectivity index (χ0) is 15.3. The summed E-state index contributed by atoms with van der Waals surface area (Å²) in [6.45, 7) is 2.20. The van der Waals surface area contributed by atoms with Gasteiger partial charge in [0.15, 0.2) is 0 Å². The maximum Gasteiger partial charge on any atom is 0.242 e. The van der Waals surface area contributed by atoms with Crippen LogP contribution in [0.25, 0.3) is 0 Å². The maximum atomic E-state index is 12.3. The van der Waals surface area contributed by atoms with Crippen molar-refractivity contribution in [3.63, 3.8) is 0 Å². The van der Waals surface area contributed by atoms with Crippen molar-refractivity contribution >= 4 is 15.8 Å². The van der Waals surface area contributed by atoms with Gasteiger partial charge < -0.3 is 5.43 Å². The first-order chi connectivity index (χ1) is 10.0. The molecule has 1 heterocycles. The van der Waals surface area contributed by atoms with Crippen LogP contribution in [0.1, 0.15) is 45.4 Å². The summed E-state index contributed by atoms with van der Waals surface area (Å²) in [5, 5.41) is 0. The van der Waals surface area contributed by atoms with Crippen LogP contribution in [0.3, 0.4) is 0 Å². The lowest BCUT2D eigenvalue weighted by molar-refractivity contribution is 0.297. The van der Waals surface area contributed by atoms with E-state index in [0.717, 1.165) is 31.6 Å². The van der Waals surface area contributed by atoms with Gasteiger partial charge >= 0.3 is 0 Å². The molecule has 7 heteroatoms. The van der Waals surface area contributed by atoms with Crippen molar-refractivity contribution < 1.29 is 8.42 Å². The lowest BCUT2D eigenvalue weighted by Crippen LogP contribution is -2.37. The van der Waals surface area contributed by atoms with E-state index in [1.807, 2.05) is 0 Å². The van der Waals surface area contributed by atoms with E-state index in [-0.39, 0.29) is 10.9 Å². The minimum atomic E-state index is -3.50. The number of hydrogen-bond donors (Lipinski definition) is 3. The first-order valence-electron chi connectivity index (χ1n) is 7.50. The highest BCUT2D eigenvalue weighted by Gasteiger charge is 2.25. The molecular weight excluding hydrogens is 288 g/mol. The Labute approximate surface area is 126 Å². The number of nitrogen functional groups attached to an aromatic ring is 1. The number of pyridine rings is 1. The fourth-order valence-electron chi connectivity index (χ4n) is 2.89. The first-order valence-corrected chi connectivity index (χ1v) is 8.98. The van der Waals surface area contributed by atoms with E-state index in [1.54, 1.807) is 6.07 Å². The monoisotopic (exact) mass is 312 g/mol. The lowest BCUT2D eigenvalue weighted by Gasteiger charge is -2.28. The molecular formula is C14H24N4O2S. The average Bonchev–Trinajstić information content (AvgIpc) is 2.49. The van der Waals surface area contributed by atoms with Gasteiger partial charge in [0, 0.05) is 12.2 Å². The molecule has 0 atom stereocenters. The highest BCUT2D eigenvalue weighted by molar-refractivity contribution is 7.89. The third kappa shape index (κ3) is 4.39. The first kappa shape index (κ1) is 16.2. The zero-order valence-corrected chi connectivity index (χ0v) is 13.2. The Morgan fingerprint density at radius 3 is 2.52 bits per heavy atom. The molecule has 0 aromatic carbocycles. The fourth-order valence-corrected chi connectivity index (χ4v) is 4.14. The van der Waals surface area contributed by atoms with E-state index in [0.29, 0.717) is 5.82 Å². The largest absolute Gasteiger partial charge is 0.308 e. The molecule has 0 spiro atoms. The minimum absolute atomic E-state index is 0.0374. The molecule has 0 radical (unpaired) electrons. The quantitative estimate of drug-likeness (QED) is 0.551. The third-order valence-corrected chi connectivity index (χ3v) is 5.57. The van der Waals surface area contributed by atoms with Crippen LogP contribution in [0.2, 0.25) is 0 Å². The van der Waals surface area contributed by atoms with Crippen molar-refractivity contribution in [2.75, 3.05) is 5.43 Å². The summed E-state index contributed by atoms with van der Waals surface area (Å²) >= 11 is 0. The van der Waals surface area contributed by atoms with Gasteiger partial charge in [-0.15, -0.1) is 0 Å². The number of hydrazine groups is 1. The number of hydrogen-bond acceptors (Lipinski definition) is 5. The molecule has 2 rings (SSSR count). The second kappa shape index (κ2) is 7.20. The molecule has 0 bridgehead atoms. The van der Waals surface area contributed by atoms with Crippen molar-refractivity contribution in [2.24, 2.45) is 11.8 Å². The van der Waals surface area contributed by atoms with Gasteiger partial charge in [-0.25, -0.2) is 24.0 Å². The standard InChI is InChI=1S/C14H24N4O2S/c1-2-3-11-4-6-12(7-5-11)18-21(19,20)13-8-9-14(17-15)16-10-13/h8-12,18H,2-7,15H2,1H3,(H,16,17). The second-order valence-electron chi connectivity index (χ2n) is 5.65. The molecule has 21 heavy (non-hydrogen) atoms. The lowest BCUT2D eigenvalue weighted by atomic mass is 9.84. The van der Waals surface area contributed by atoms with Crippen LogP contribution in [0, 0.1) is 5.92 Å². The topological polar surface area (TPSA) is 97.1 Å². The predicted octanol–water partition coefficient (Wildman–Crippen LogP) is 2.00. The number of nitrogens with zero attached hydrogens (tertiary/aromatic N) is 1. The van der Waals surface area contributed by atoms with Gasteiger partial charge in [-0.2, -0.15) is 0 Å². The highest BCUT2D eigenvalue weighted by Crippen LogP contribution is 2.28. The third-order valence-electron chi connectivity index (χ3n) is 4.06. The van der Waals surface area contributed by atoms with Crippen LogP contribution < -0.4 is 16.0 Å². The minimum Gasteiger partial charge on any atom is -0.308 e. The summed E-state index contributed by atoms with van der Waals surface area (Å²) in [5.74, 6) is 6.41. The summed E-state index contributed by atoms with van der Waals surface area (Å²) in [7, 11) is -3.50. The van der Waals surface area contributed by atoms with Crippen LogP contribution in [-0.4, -0.2) is 19.4 Å². The molecule has 1 aliphatic carbocycles. The summed E-state index contributed by atoms with van der Waals surface area (Å²) in [5.41, 5.74) is 2.38. The summed E-state index contributed by atoms with van der Waals surface area (Å²) in [4.78, 5) is 4.12. The van der Waals surface area contributed by atoms with Gasteiger partial charge in [0.05, 0.1) is 0 Å². The normalized spacial score (nSPS) is 23.0. The number of nitrogens with one attached hydrogen (secondary N) is 2. The van der Waals surface area contributed by atoms with Gasteiger partial charge in [-0.1, -0.05) is 19.8 Å². The molecule has 0 unspecified atom stereocenters. The molecule has 1 saturated carbocycles. The van der Waals surface area contributed by atoms with Crippen molar-refractivity contribution in [1.29, 1.82) is 0 Å². The summed E-state index contributed by atoms with van der Waals surface area (Å²) in [6.07, 6.45) is 7.82. The van der Waals surface area contributed by atoms with E-state index in [4.69, 9.17) is 5.84 Å². The van der Waals surface area contributed by atoms with Gasteiger partial charge in [0.2, 0.25) is 10.0 Å². The number of rotatable bonds is 6. The van der Waals surface area contributed by atoms with E-state index in [2.05, 4.69) is 22.1 Å². The highest BCUT2D eigenvalue weighted by atomic mass is 32.2. The SMILES string of the molecule is CCCC1CCC(NS(=O)(=O)c2ccc(NN)nc2)CC1. The van der Waals surface area contributed by atoms with Crippen LogP contribution in [-0.2, 0) is 10.0 Å². The van der Waals surface area contributed by atoms with Crippen molar-refractivity contribution in [2.45, 2.75) is 56.4 Å². The van der Waals surface area contributed by atoms with Crippen LogP contribution in [0.15, 0.2) is 23.2 Å². The molecule has 1 aliphatic rings. The Kier molecular flexibility index (Phi) is 5.55. The van der Waals surface area contributed by atoms with E-state index < -0.39 is 10.0 Å². The van der Waals surface area contributed by atoms with E-state index in [9.17, 15) is 8.42 Å². The Bertz CT molecular complexity index is 537. The van der Waals surface area contributed by atoms with Crippen molar-refractivity contribution in [3.05, 3.63) is 18.3 Å². The molecule has 0 aliphatic heterocycles. The molecule has 1 aromatic rings. The maximum absolute atomic E-state index is 12.3. The van der Waals surface area contributed by atoms with Crippen molar-refractivity contribution in [1.82, 2.24) is 9.71 Å². The van der Waals surface area contributed by atoms with Gasteiger partial charge in [0.25, 0.3) is 0 Å². The Balaban J connectivity index is 1.95. The Hall–Kier alpha value is -1.18. The van der Waals surface area contributed by atoms with Crippen LogP contribution in [0.4, 0.5) is 5.82 Å². The number of aromatic nitrogens is 1. The van der Waals surface area contributed by atoms with Gasteiger partial charge in [0.1, 0.15) is 10.7 Å². The number of sulfonamides is 1. The van der Waals surface area contributed by atoms with E-state index in [1.165, 1.54) is 25.1 Å². The molecule has 0 saturated heterocycles. The van der Waals surface area contributed by atoms with Crippen LogP contribution in [0.5, 0.6) is 0 Å². The fraction of sp³-hybridized carbons (Fsp3) is 0.643. The molecule has 1 aromatic heterocycles. The molecule has 4 N–H and O–H groups in total. The average molecular weight is 312 g/mol. The Morgan fingerprint density at radius 2 is 2.00 bits per heavy atom. The zero-order valence-electron chi connectivity index (χ0n) is 12.4. The molecule has 6 nitrogen and oxygen atoms in total. The number of anilines is 1. The predicted molar refractivity (Wildman–Crippen MR) is 83.0 cm³/mol. The smallest absolute Gasteiger partial charge is 0.242 e. The van der Waals surface area contributed by atoms with Gasteiger partial charge in [-0.3, -0.25) is 0 Å². The number of nitrogens with two attached hydrogens (primary N) is 1. The van der Waals surface area contributed by atoms with Gasteiger partial charge in [-0.05, 0) is 43.7 Å². The summed E-state index contributed by atoms with van der Waals surface area (Å²) in [6, 6.07) is 3.09. The van der Waals surface area contributed by atoms with E-state index >= 15 is 0 Å². The molecule has 0 amide bonds. The van der Waals surface area contributed by atoms with Crippen LogP contribution >= 0.6 is 0 Å². The Morgan fingerprint density at radius 1 is 1.29 bits per heavy atom. The molecule has 1 fully saturated rings. The molecule has 118 valence electrons.